The van der Waals surface area contributed by atoms with Crippen LogP contribution in [-0.4, -0.2) is 11.6 Å². The van der Waals surface area contributed by atoms with Gasteiger partial charge in [0.15, 0.2) is 11.6 Å². The molecule has 95 heavy (non-hydrogen) atoms. The zero-order valence-electron chi connectivity index (χ0n) is 52.6. The van der Waals surface area contributed by atoms with E-state index in [1.807, 2.05) is 109 Å². The summed E-state index contributed by atoms with van der Waals surface area (Å²) < 4.78 is 0. The molecule has 0 bridgehead atoms. The van der Waals surface area contributed by atoms with Crippen LogP contribution in [0.5, 0.6) is 0 Å². The third-order valence-corrected chi connectivity index (χ3v) is 18.7. The van der Waals surface area contributed by atoms with E-state index in [1.54, 1.807) is 0 Å². The lowest BCUT2D eigenvalue weighted by atomic mass is 9.61. The lowest BCUT2D eigenvalue weighted by molar-refractivity contribution is 0.0935. The van der Waals surface area contributed by atoms with E-state index < -0.39 is 5.41 Å². The van der Waals surface area contributed by atoms with Gasteiger partial charge in [0.25, 0.3) is 0 Å². The van der Waals surface area contributed by atoms with Crippen molar-refractivity contribution in [2.24, 2.45) is 0 Å². The van der Waals surface area contributed by atoms with Crippen molar-refractivity contribution < 1.29 is 9.59 Å². The highest BCUT2D eigenvalue weighted by Gasteiger charge is 2.55. The summed E-state index contributed by atoms with van der Waals surface area (Å²) in [5, 5.41) is 0. The number of hydrogen-bond acceptors (Lipinski definition) is 6. The maximum absolute atomic E-state index is 16.2. The van der Waals surface area contributed by atoms with Crippen molar-refractivity contribution >= 4 is 79.8 Å². The molecule has 0 amide bonds. The van der Waals surface area contributed by atoms with Gasteiger partial charge < -0.3 is 19.6 Å². The molecule has 0 radical (unpaired) electrons. The molecule has 3 aliphatic carbocycles. The molecule has 0 aliphatic heterocycles. The number of rotatable bonds is 12. The normalized spacial score (nSPS) is 13.5. The molecule has 452 valence electrons. The van der Waals surface area contributed by atoms with Crippen molar-refractivity contribution in [3.63, 3.8) is 0 Å². The van der Waals surface area contributed by atoms with E-state index in [-0.39, 0.29) is 11.6 Å². The molecule has 14 aromatic carbocycles. The average molecular weight is 1220 g/mol. The van der Waals surface area contributed by atoms with Gasteiger partial charge in [0.1, 0.15) is 5.41 Å². The zero-order chi connectivity index (χ0) is 64.0. The number of Topliss-reactive ketones (excluding diaryl/α,β-unsaturated/α-hetero) is 1. The van der Waals surface area contributed by atoms with E-state index in [0.29, 0.717) is 0 Å². The second-order valence-electron chi connectivity index (χ2n) is 24.5. The van der Waals surface area contributed by atoms with E-state index in [9.17, 15) is 4.79 Å². The Kier molecular flexibility index (Phi) is 14.8. The fourth-order valence-electron chi connectivity index (χ4n) is 14.5. The molecule has 6 nitrogen and oxygen atoms in total. The highest BCUT2D eigenvalue weighted by Crippen LogP contribution is 2.60. The molecule has 6 heteroatoms. The second-order valence-corrected chi connectivity index (χ2v) is 24.5. The van der Waals surface area contributed by atoms with Crippen LogP contribution in [-0.2, 0) is 5.41 Å². The van der Waals surface area contributed by atoms with Crippen molar-refractivity contribution in [2.75, 3.05) is 19.6 Å². The molecule has 17 rings (SSSR count). The molecular weight excluding hydrogens is 1160 g/mol. The lowest BCUT2D eigenvalue weighted by Crippen LogP contribution is -2.40. The monoisotopic (exact) mass is 1220 g/mol. The van der Waals surface area contributed by atoms with Crippen LogP contribution < -0.4 is 19.6 Å². The zero-order valence-corrected chi connectivity index (χ0v) is 52.6. The Balaban J connectivity index is 0.000000158. The number of hydrogen-bond donors (Lipinski definition) is 0. The van der Waals surface area contributed by atoms with Gasteiger partial charge >= 0.3 is 0 Å². The first-order valence-electron chi connectivity index (χ1n) is 32.3. The van der Waals surface area contributed by atoms with Crippen molar-refractivity contribution in [1.29, 1.82) is 0 Å². The molecule has 0 fully saturated rings. The van der Waals surface area contributed by atoms with Crippen molar-refractivity contribution in [3.05, 3.63) is 396 Å². The molecule has 1 atom stereocenters. The Morgan fingerprint density at radius 3 is 0.716 bits per heavy atom. The summed E-state index contributed by atoms with van der Waals surface area (Å²) in [6.45, 7) is 4.26. The van der Waals surface area contributed by atoms with Gasteiger partial charge in [-0.1, -0.05) is 217 Å². The van der Waals surface area contributed by atoms with Gasteiger partial charge in [-0.3, -0.25) is 9.59 Å². The van der Waals surface area contributed by atoms with Crippen LogP contribution >= 0.6 is 0 Å². The van der Waals surface area contributed by atoms with Gasteiger partial charge in [0.05, 0.1) is 0 Å². The van der Waals surface area contributed by atoms with Crippen molar-refractivity contribution in [3.8, 4) is 33.4 Å². The van der Waals surface area contributed by atoms with Crippen LogP contribution in [0, 0.1) is 13.8 Å². The summed E-state index contributed by atoms with van der Waals surface area (Å²) in [6, 6.07) is 122. The summed E-state index contributed by atoms with van der Waals surface area (Å²) in [5.74, 6) is 0.146. The molecule has 0 saturated heterocycles. The largest absolute Gasteiger partial charge is 0.310 e. The van der Waals surface area contributed by atoms with E-state index in [0.717, 1.165) is 146 Å². The van der Waals surface area contributed by atoms with Crippen LogP contribution in [0.2, 0.25) is 0 Å². The molecule has 3 aliphatic rings. The molecule has 0 saturated carbocycles. The fourth-order valence-corrected chi connectivity index (χ4v) is 14.5. The molecular formula is C89H64N4O2. The van der Waals surface area contributed by atoms with Gasteiger partial charge in [-0.2, -0.15) is 0 Å². The number of anilines is 12. The molecule has 1 unspecified atom stereocenters. The number of ketones is 2. The summed E-state index contributed by atoms with van der Waals surface area (Å²) >= 11 is 0. The van der Waals surface area contributed by atoms with Crippen LogP contribution in [0.3, 0.4) is 0 Å². The van der Waals surface area contributed by atoms with Crippen LogP contribution in [0.1, 0.15) is 54.1 Å². The van der Waals surface area contributed by atoms with Crippen LogP contribution in [0.25, 0.3) is 33.4 Å². The highest BCUT2D eigenvalue weighted by molar-refractivity contribution is 6.23. The first-order valence-corrected chi connectivity index (χ1v) is 32.3. The SMILES string of the molecule is Cc1ccc2c(c1)C1(C(=O)c3cc(N(c4ccccc4)c4ccccc4)ccc3-2)c2cc(C)ccc2-c2ccc(N(c3ccccc3)c3ccccc3)cc21.O=C1c2cc(N(c3ccccc3)c3ccccc3)ccc2-c2ccc(N(c3ccccc3)c3ccccc3)cc21. The summed E-state index contributed by atoms with van der Waals surface area (Å²) in [5.41, 5.74) is 24.8. The molecule has 0 aromatic heterocycles. The second kappa shape index (κ2) is 24.3. The summed E-state index contributed by atoms with van der Waals surface area (Å²) in [4.78, 5) is 39.0. The number of carbonyl (C=O) groups excluding carboxylic acids is 2. The first kappa shape index (κ1) is 57.8. The molecule has 0 N–H and O–H groups in total. The van der Waals surface area contributed by atoms with Crippen molar-refractivity contribution in [1.82, 2.24) is 0 Å². The molecule has 14 aromatic rings. The number of aryl methyl sites for hydroxylation is 2. The predicted octanol–water partition coefficient (Wildman–Crippen LogP) is 23.3. The number of carbonyl (C=O) groups is 2. The minimum atomic E-state index is -1.07. The van der Waals surface area contributed by atoms with Crippen LogP contribution in [0.15, 0.2) is 352 Å². The van der Waals surface area contributed by atoms with E-state index in [4.69, 9.17) is 0 Å². The van der Waals surface area contributed by atoms with Crippen LogP contribution in [0.4, 0.5) is 68.2 Å². The number of para-hydroxylation sites is 8. The highest BCUT2D eigenvalue weighted by atomic mass is 16.1. The Morgan fingerprint density at radius 2 is 0.421 bits per heavy atom. The quantitative estimate of drug-likeness (QED) is 0.121. The number of benzene rings is 14. The van der Waals surface area contributed by atoms with Gasteiger partial charge in [0, 0.05) is 84.9 Å². The van der Waals surface area contributed by atoms with E-state index >= 15 is 4.79 Å². The Morgan fingerprint density at radius 1 is 0.200 bits per heavy atom. The van der Waals surface area contributed by atoms with E-state index in [1.165, 1.54) is 0 Å². The fraction of sp³-hybridized carbons (Fsp3) is 0.0337. The Labute approximate surface area is 554 Å². The third-order valence-electron chi connectivity index (χ3n) is 18.7. The maximum atomic E-state index is 16.2. The van der Waals surface area contributed by atoms with Gasteiger partial charge in [-0.25, -0.2) is 0 Å². The number of nitrogens with zero attached hydrogens (tertiary/aromatic N) is 4. The maximum Gasteiger partial charge on any atom is 0.194 e. The Hall–Kier alpha value is -12.4. The minimum absolute atomic E-state index is 0.0517. The third kappa shape index (κ3) is 10.2. The van der Waals surface area contributed by atoms with Gasteiger partial charge in [-0.15, -0.1) is 0 Å². The average Bonchev–Trinajstić information content (AvgIpc) is 1.57. The van der Waals surface area contributed by atoms with E-state index in [2.05, 4.69) is 276 Å². The smallest absolute Gasteiger partial charge is 0.194 e. The van der Waals surface area contributed by atoms with Gasteiger partial charge in [0.2, 0.25) is 0 Å². The van der Waals surface area contributed by atoms with Crippen molar-refractivity contribution in [2.45, 2.75) is 19.3 Å². The summed E-state index contributed by atoms with van der Waals surface area (Å²) in [7, 11) is 0. The molecule has 0 heterocycles. The number of fused-ring (bicyclic) bond motifs is 12. The lowest BCUT2D eigenvalue weighted by Gasteiger charge is -2.39. The first-order chi connectivity index (χ1) is 46.8. The molecule has 1 spiro atoms. The topological polar surface area (TPSA) is 47.1 Å². The Bertz CT molecular complexity index is 4890. The minimum Gasteiger partial charge on any atom is -0.310 e. The summed E-state index contributed by atoms with van der Waals surface area (Å²) in [6.07, 6.45) is 0. The predicted molar refractivity (Wildman–Crippen MR) is 391 cm³/mol. The standard InChI is InChI=1S/C52H38N2O.C37H26N2O/c1-35-23-27-44-43-29-25-41(53(37-15-7-3-8-16-37)38-17-9-4-10-18-38)33-47(43)51(55)52(48(44)31-35)49-32-36(2)24-28-45(49)46-30-26-42(34-50(46)52)54(39-19-11-5-12-20-39)40-21-13-6-14-22-40;40-37-35-25-31(38(27-13-5-1-6-14-27)28-15-7-2-8-16-28)21-23-33(35)34-24-22-32(26-36(34)37)39(29-17-9-3-10-18-29)30-19-11-4-12-20-30/h3-34H,1-2H3;1-26H. The van der Waals surface area contributed by atoms with Gasteiger partial charge in [-0.05, 0) is 210 Å².